The molecule has 0 fully saturated rings. The molecule has 19 heavy (non-hydrogen) atoms. The van der Waals surface area contributed by atoms with Gasteiger partial charge in [-0.1, -0.05) is 0 Å². The van der Waals surface area contributed by atoms with Crippen molar-refractivity contribution >= 4 is 21.4 Å². The Balaban J connectivity index is 2.26. The van der Waals surface area contributed by atoms with Crippen molar-refractivity contribution < 1.29 is 13.2 Å². The Morgan fingerprint density at radius 1 is 1.47 bits per heavy atom. The Morgan fingerprint density at radius 2 is 2.21 bits per heavy atom. The van der Waals surface area contributed by atoms with Gasteiger partial charge in [0.2, 0.25) is 10.0 Å². The molecule has 1 aliphatic rings. The molecule has 0 saturated carbocycles. The van der Waals surface area contributed by atoms with E-state index in [0.717, 1.165) is 11.3 Å². The number of hydrogen-bond donors (Lipinski definition) is 1. The maximum atomic E-state index is 12.4. The number of anilines is 2. The molecule has 0 saturated heterocycles. The lowest BCUT2D eigenvalue weighted by Gasteiger charge is -2.24. The van der Waals surface area contributed by atoms with Gasteiger partial charge < -0.3 is 10.5 Å². The molecule has 2 N–H and O–H groups in total. The first kappa shape index (κ1) is 14.1. The predicted octanol–water partition coefficient (Wildman–Crippen LogP) is 1.39. The minimum atomic E-state index is -3.30. The van der Waals surface area contributed by atoms with E-state index in [-0.39, 0.29) is 11.8 Å². The van der Waals surface area contributed by atoms with Crippen LogP contribution in [0.5, 0.6) is 0 Å². The van der Waals surface area contributed by atoms with E-state index in [1.807, 2.05) is 13.0 Å². The normalized spacial score (nSPS) is 18.6. The number of fused-ring (bicyclic) bond motifs is 1. The first-order valence-electron chi connectivity index (χ1n) is 6.35. The average Bonchev–Trinajstić information content (AvgIpc) is 2.64. The third-order valence-corrected chi connectivity index (χ3v) is 5.27. The summed E-state index contributed by atoms with van der Waals surface area (Å²) in [5.74, 6) is 0.106. The summed E-state index contributed by atoms with van der Waals surface area (Å²) in [6.45, 7) is 2.38. The Hall–Kier alpha value is -1.27. The van der Waals surface area contributed by atoms with Crippen LogP contribution in [-0.2, 0) is 21.2 Å². The lowest BCUT2D eigenvalue weighted by molar-refractivity contribution is 0.199. The summed E-state index contributed by atoms with van der Waals surface area (Å²) < 4.78 is 31.2. The molecule has 0 spiro atoms. The van der Waals surface area contributed by atoms with Gasteiger partial charge in [-0.05, 0) is 43.5 Å². The van der Waals surface area contributed by atoms with E-state index in [1.54, 1.807) is 19.2 Å². The number of ether oxygens (including phenoxy) is 1. The average molecular weight is 284 g/mol. The number of rotatable bonds is 5. The number of sulfonamides is 1. The molecule has 0 amide bonds. The SMILES string of the molecule is COCCCS(=O)(=O)N1c2ccc(N)cc2CC1C. The molecule has 5 nitrogen and oxygen atoms in total. The van der Waals surface area contributed by atoms with Crippen molar-refractivity contribution in [1.82, 2.24) is 0 Å². The Morgan fingerprint density at radius 3 is 2.89 bits per heavy atom. The van der Waals surface area contributed by atoms with Crippen molar-refractivity contribution in [3.8, 4) is 0 Å². The lowest BCUT2D eigenvalue weighted by Crippen LogP contribution is -2.37. The Labute approximate surface area is 114 Å². The highest BCUT2D eigenvalue weighted by Crippen LogP contribution is 2.35. The standard InChI is InChI=1S/C13H20N2O3S/c1-10-8-11-9-12(14)4-5-13(11)15(10)19(16,17)7-3-6-18-2/h4-5,9-10H,3,6-8,14H2,1-2H3. The van der Waals surface area contributed by atoms with Crippen LogP contribution in [0.3, 0.4) is 0 Å². The summed E-state index contributed by atoms with van der Waals surface area (Å²) in [5, 5.41) is 0. The molecule has 6 heteroatoms. The first-order valence-corrected chi connectivity index (χ1v) is 7.96. The van der Waals surface area contributed by atoms with E-state index in [0.29, 0.717) is 25.1 Å². The first-order chi connectivity index (χ1) is 8.95. The van der Waals surface area contributed by atoms with Gasteiger partial charge in [-0.25, -0.2) is 8.42 Å². The molecular weight excluding hydrogens is 264 g/mol. The number of nitrogens with two attached hydrogens (primary N) is 1. The molecule has 1 aliphatic heterocycles. The van der Waals surface area contributed by atoms with Crippen molar-refractivity contribution in [1.29, 1.82) is 0 Å². The molecule has 1 atom stereocenters. The van der Waals surface area contributed by atoms with Crippen molar-refractivity contribution in [2.24, 2.45) is 0 Å². The number of benzene rings is 1. The second-order valence-corrected chi connectivity index (χ2v) is 6.86. The highest BCUT2D eigenvalue weighted by molar-refractivity contribution is 7.92. The number of methoxy groups -OCH3 is 1. The zero-order valence-corrected chi connectivity index (χ0v) is 12.1. The molecule has 1 aromatic carbocycles. The van der Waals surface area contributed by atoms with E-state index >= 15 is 0 Å². The van der Waals surface area contributed by atoms with Crippen molar-refractivity contribution in [3.63, 3.8) is 0 Å². The lowest BCUT2D eigenvalue weighted by atomic mass is 10.1. The molecule has 106 valence electrons. The zero-order chi connectivity index (χ0) is 14.0. The molecule has 1 heterocycles. The fraction of sp³-hybridized carbons (Fsp3) is 0.538. The predicted molar refractivity (Wildman–Crippen MR) is 76.8 cm³/mol. The van der Waals surface area contributed by atoms with Crippen LogP contribution in [0.1, 0.15) is 18.9 Å². The van der Waals surface area contributed by atoms with Crippen LogP contribution in [0.15, 0.2) is 18.2 Å². The van der Waals surface area contributed by atoms with E-state index in [4.69, 9.17) is 10.5 Å². The Kier molecular flexibility index (Phi) is 4.01. The van der Waals surface area contributed by atoms with Gasteiger partial charge in [0.25, 0.3) is 0 Å². The van der Waals surface area contributed by atoms with E-state index < -0.39 is 10.0 Å². The van der Waals surface area contributed by atoms with Gasteiger partial charge in [0, 0.05) is 25.4 Å². The fourth-order valence-electron chi connectivity index (χ4n) is 2.53. The second kappa shape index (κ2) is 5.38. The summed E-state index contributed by atoms with van der Waals surface area (Å²) in [5.41, 5.74) is 8.18. The fourth-order valence-corrected chi connectivity index (χ4v) is 4.31. The van der Waals surface area contributed by atoms with Crippen molar-refractivity contribution in [3.05, 3.63) is 23.8 Å². The molecule has 0 radical (unpaired) electrons. The van der Waals surface area contributed by atoms with Crippen LogP contribution in [0.4, 0.5) is 11.4 Å². The molecular formula is C13H20N2O3S. The Bertz CT molecular complexity index is 557. The van der Waals surface area contributed by atoms with Crippen molar-refractivity contribution in [2.75, 3.05) is 29.5 Å². The van der Waals surface area contributed by atoms with Gasteiger partial charge in [0.1, 0.15) is 0 Å². The van der Waals surface area contributed by atoms with E-state index in [9.17, 15) is 8.42 Å². The van der Waals surface area contributed by atoms with Crippen molar-refractivity contribution in [2.45, 2.75) is 25.8 Å². The highest BCUT2D eigenvalue weighted by Gasteiger charge is 2.34. The number of nitrogen functional groups attached to an aromatic ring is 1. The summed E-state index contributed by atoms with van der Waals surface area (Å²) in [6, 6.07) is 5.34. The third-order valence-electron chi connectivity index (χ3n) is 3.31. The topological polar surface area (TPSA) is 72.6 Å². The minimum Gasteiger partial charge on any atom is -0.399 e. The quantitative estimate of drug-likeness (QED) is 0.655. The molecule has 2 rings (SSSR count). The van der Waals surface area contributed by atoms with E-state index in [2.05, 4.69) is 0 Å². The van der Waals surface area contributed by atoms with Gasteiger partial charge in [-0.2, -0.15) is 0 Å². The van der Waals surface area contributed by atoms with E-state index in [1.165, 1.54) is 4.31 Å². The third kappa shape index (κ3) is 2.84. The zero-order valence-electron chi connectivity index (χ0n) is 11.3. The second-order valence-electron chi connectivity index (χ2n) is 4.90. The summed E-state index contributed by atoms with van der Waals surface area (Å²) in [4.78, 5) is 0. The summed E-state index contributed by atoms with van der Waals surface area (Å²) in [7, 11) is -1.72. The van der Waals surface area contributed by atoms with Gasteiger partial charge in [-0.3, -0.25) is 4.31 Å². The van der Waals surface area contributed by atoms with Crippen LogP contribution < -0.4 is 10.0 Å². The largest absolute Gasteiger partial charge is 0.399 e. The maximum absolute atomic E-state index is 12.4. The molecule has 1 aromatic rings. The minimum absolute atomic E-state index is 0.0515. The smallest absolute Gasteiger partial charge is 0.235 e. The van der Waals surface area contributed by atoms with Crippen LogP contribution in [0, 0.1) is 0 Å². The number of nitrogens with zero attached hydrogens (tertiary/aromatic N) is 1. The maximum Gasteiger partial charge on any atom is 0.235 e. The monoisotopic (exact) mass is 284 g/mol. The van der Waals surface area contributed by atoms with Gasteiger partial charge in [0.15, 0.2) is 0 Å². The summed E-state index contributed by atoms with van der Waals surface area (Å²) >= 11 is 0. The highest BCUT2D eigenvalue weighted by atomic mass is 32.2. The van der Waals surface area contributed by atoms with Gasteiger partial charge in [-0.15, -0.1) is 0 Å². The number of hydrogen-bond acceptors (Lipinski definition) is 4. The van der Waals surface area contributed by atoms with Gasteiger partial charge in [0.05, 0.1) is 11.4 Å². The van der Waals surface area contributed by atoms with Gasteiger partial charge >= 0.3 is 0 Å². The van der Waals surface area contributed by atoms with Crippen LogP contribution in [-0.4, -0.2) is 33.9 Å². The van der Waals surface area contributed by atoms with Crippen LogP contribution in [0.25, 0.3) is 0 Å². The van der Waals surface area contributed by atoms with Crippen LogP contribution in [0.2, 0.25) is 0 Å². The molecule has 0 aromatic heterocycles. The van der Waals surface area contributed by atoms with Crippen LogP contribution >= 0.6 is 0 Å². The molecule has 0 aliphatic carbocycles. The molecule has 0 bridgehead atoms. The summed E-state index contributed by atoms with van der Waals surface area (Å²) in [6.07, 6.45) is 1.22. The molecule has 1 unspecified atom stereocenters.